The molecule has 142 valence electrons. The molecule has 0 amide bonds. The van der Waals surface area contributed by atoms with Crippen LogP contribution < -0.4 is 4.74 Å². The van der Waals surface area contributed by atoms with Crippen LogP contribution in [0.15, 0.2) is 54.6 Å². The number of nitrogens with zero attached hydrogens (tertiary/aromatic N) is 4. The van der Waals surface area contributed by atoms with Crippen LogP contribution in [0.2, 0.25) is 5.28 Å². The van der Waals surface area contributed by atoms with Gasteiger partial charge < -0.3 is 4.74 Å². The fourth-order valence-electron chi connectivity index (χ4n) is 2.77. The van der Waals surface area contributed by atoms with Gasteiger partial charge >= 0.3 is 6.18 Å². The first-order chi connectivity index (χ1) is 13.3. The number of benzene rings is 2. The molecule has 0 saturated heterocycles. The van der Waals surface area contributed by atoms with Crippen molar-refractivity contribution in [3.8, 4) is 22.8 Å². The van der Waals surface area contributed by atoms with Crippen molar-refractivity contribution in [1.29, 1.82) is 0 Å². The Morgan fingerprint density at radius 1 is 1.00 bits per heavy atom. The van der Waals surface area contributed by atoms with Crippen LogP contribution in [-0.4, -0.2) is 19.8 Å². The molecule has 0 atom stereocenters. The van der Waals surface area contributed by atoms with Crippen molar-refractivity contribution in [3.05, 3.63) is 71.0 Å². The maximum Gasteiger partial charge on any atom is 0.416 e. The summed E-state index contributed by atoms with van der Waals surface area (Å²) in [7, 11) is 0. The van der Waals surface area contributed by atoms with E-state index < -0.39 is 11.7 Å². The normalized spacial score (nSPS) is 11.8. The lowest BCUT2D eigenvalue weighted by atomic mass is 10.0. The summed E-state index contributed by atoms with van der Waals surface area (Å²) in [6, 6.07) is 13.9. The standard InChI is InChI=1S/C19H12ClF3N4O/c1-11-9-16(26-27-17(11)24-25-18(27)20)28-15-10-13(19(21,22)23)7-8-14(15)12-5-3-2-4-6-12/h2-10H,1H3. The molecule has 0 aliphatic rings. The Hall–Kier alpha value is -3.13. The van der Waals surface area contributed by atoms with Crippen LogP contribution >= 0.6 is 11.6 Å². The van der Waals surface area contributed by atoms with Crippen molar-refractivity contribution in [2.24, 2.45) is 0 Å². The predicted molar refractivity (Wildman–Crippen MR) is 97.5 cm³/mol. The van der Waals surface area contributed by atoms with E-state index in [0.29, 0.717) is 22.3 Å². The number of halogens is 4. The SMILES string of the molecule is Cc1cc(Oc2cc(C(F)(F)F)ccc2-c2ccccc2)nn2c(Cl)nnc12. The summed E-state index contributed by atoms with van der Waals surface area (Å²) >= 11 is 5.95. The zero-order chi connectivity index (χ0) is 19.9. The van der Waals surface area contributed by atoms with Crippen molar-refractivity contribution in [1.82, 2.24) is 19.8 Å². The maximum absolute atomic E-state index is 13.2. The van der Waals surface area contributed by atoms with Gasteiger partial charge in [0.25, 0.3) is 0 Å². The second kappa shape index (κ2) is 6.79. The molecular formula is C19H12ClF3N4O. The fourth-order valence-corrected chi connectivity index (χ4v) is 2.93. The first-order valence-corrected chi connectivity index (χ1v) is 8.54. The minimum atomic E-state index is -4.50. The minimum Gasteiger partial charge on any atom is -0.437 e. The maximum atomic E-state index is 13.2. The van der Waals surface area contributed by atoms with Crippen molar-refractivity contribution in [2.45, 2.75) is 13.1 Å². The highest BCUT2D eigenvalue weighted by Gasteiger charge is 2.31. The van der Waals surface area contributed by atoms with Crippen LogP contribution in [0.1, 0.15) is 11.1 Å². The molecule has 9 heteroatoms. The second-order valence-electron chi connectivity index (χ2n) is 6.05. The van der Waals surface area contributed by atoms with E-state index in [1.165, 1.54) is 10.6 Å². The van der Waals surface area contributed by atoms with Gasteiger partial charge in [-0.1, -0.05) is 36.4 Å². The molecule has 5 nitrogen and oxygen atoms in total. The number of rotatable bonds is 3. The molecule has 28 heavy (non-hydrogen) atoms. The molecule has 0 saturated carbocycles. The topological polar surface area (TPSA) is 52.3 Å². The van der Waals surface area contributed by atoms with E-state index in [0.717, 1.165) is 12.1 Å². The van der Waals surface area contributed by atoms with Crippen molar-refractivity contribution in [2.75, 3.05) is 0 Å². The molecule has 2 aromatic carbocycles. The van der Waals surface area contributed by atoms with E-state index >= 15 is 0 Å². The number of hydrogen-bond acceptors (Lipinski definition) is 4. The molecule has 0 aliphatic carbocycles. The van der Waals surface area contributed by atoms with Gasteiger partial charge in [-0.25, -0.2) is 0 Å². The van der Waals surface area contributed by atoms with Crippen LogP contribution in [0, 0.1) is 6.92 Å². The Balaban J connectivity index is 1.84. The highest BCUT2D eigenvalue weighted by molar-refractivity contribution is 6.28. The lowest BCUT2D eigenvalue weighted by Gasteiger charge is -2.14. The Bertz CT molecular complexity index is 1160. The van der Waals surface area contributed by atoms with Crippen LogP contribution in [0.3, 0.4) is 0 Å². The lowest BCUT2D eigenvalue weighted by Crippen LogP contribution is -2.06. The average Bonchev–Trinajstić information content (AvgIpc) is 3.03. The third kappa shape index (κ3) is 3.38. The Morgan fingerprint density at radius 2 is 1.75 bits per heavy atom. The number of ether oxygens (including phenoxy) is 1. The van der Waals surface area contributed by atoms with Gasteiger partial charge in [-0.05, 0) is 36.2 Å². The molecule has 0 N–H and O–H groups in total. The summed E-state index contributed by atoms with van der Waals surface area (Å²) in [4.78, 5) is 0. The van der Waals surface area contributed by atoms with Gasteiger partial charge in [-0.3, -0.25) is 0 Å². The van der Waals surface area contributed by atoms with Crippen LogP contribution in [0.25, 0.3) is 16.8 Å². The summed E-state index contributed by atoms with van der Waals surface area (Å²) in [5.74, 6) is 0.0969. The minimum absolute atomic E-state index is 0.0240. The molecule has 2 heterocycles. The molecule has 0 radical (unpaired) electrons. The Morgan fingerprint density at radius 3 is 2.46 bits per heavy atom. The summed E-state index contributed by atoms with van der Waals surface area (Å²) < 4.78 is 46.7. The zero-order valence-electron chi connectivity index (χ0n) is 14.4. The third-order valence-electron chi connectivity index (χ3n) is 4.10. The van der Waals surface area contributed by atoms with Crippen molar-refractivity contribution >= 4 is 17.2 Å². The van der Waals surface area contributed by atoms with E-state index in [2.05, 4.69) is 15.3 Å². The molecule has 0 aliphatic heterocycles. The fraction of sp³-hybridized carbons (Fsp3) is 0.105. The van der Waals surface area contributed by atoms with Gasteiger partial charge in [0.05, 0.1) is 5.56 Å². The van der Waals surface area contributed by atoms with Gasteiger partial charge in [-0.15, -0.1) is 15.3 Å². The van der Waals surface area contributed by atoms with Gasteiger partial charge in [0.15, 0.2) is 5.65 Å². The van der Waals surface area contributed by atoms with Crippen LogP contribution in [0.4, 0.5) is 13.2 Å². The number of fused-ring (bicyclic) bond motifs is 1. The van der Waals surface area contributed by atoms with Crippen molar-refractivity contribution < 1.29 is 17.9 Å². The quantitative estimate of drug-likeness (QED) is 0.448. The molecular weight excluding hydrogens is 393 g/mol. The van der Waals surface area contributed by atoms with Gasteiger partial charge in [-0.2, -0.15) is 17.7 Å². The number of aromatic nitrogens is 4. The summed E-state index contributed by atoms with van der Waals surface area (Å²) in [6.45, 7) is 1.75. The first kappa shape index (κ1) is 18.2. The average molecular weight is 405 g/mol. The number of aryl methyl sites for hydroxylation is 1. The third-order valence-corrected chi connectivity index (χ3v) is 4.34. The highest BCUT2D eigenvalue weighted by atomic mass is 35.5. The van der Waals surface area contributed by atoms with E-state index in [4.69, 9.17) is 16.3 Å². The van der Waals surface area contributed by atoms with Gasteiger partial charge in [0, 0.05) is 17.2 Å². The largest absolute Gasteiger partial charge is 0.437 e. The van der Waals surface area contributed by atoms with E-state index in [-0.39, 0.29) is 16.9 Å². The van der Waals surface area contributed by atoms with Crippen molar-refractivity contribution in [3.63, 3.8) is 0 Å². The van der Waals surface area contributed by atoms with Crippen LogP contribution in [0.5, 0.6) is 11.6 Å². The number of alkyl halides is 3. The molecule has 0 unspecified atom stereocenters. The molecule has 0 bridgehead atoms. The Kier molecular flexibility index (Phi) is 4.43. The van der Waals surface area contributed by atoms with E-state index in [1.807, 2.05) is 6.07 Å². The monoisotopic (exact) mass is 404 g/mol. The van der Waals surface area contributed by atoms with Crippen LogP contribution in [-0.2, 0) is 6.18 Å². The molecule has 0 fully saturated rings. The van der Waals surface area contributed by atoms with E-state index in [1.54, 1.807) is 37.3 Å². The second-order valence-corrected chi connectivity index (χ2v) is 6.38. The molecule has 4 aromatic rings. The highest BCUT2D eigenvalue weighted by Crippen LogP contribution is 2.38. The van der Waals surface area contributed by atoms with E-state index in [9.17, 15) is 13.2 Å². The first-order valence-electron chi connectivity index (χ1n) is 8.16. The summed E-state index contributed by atoms with van der Waals surface area (Å²) in [5, 5.41) is 11.8. The molecule has 4 rings (SSSR count). The number of hydrogen-bond donors (Lipinski definition) is 0. The molecule has 0 spiro atoms. The summed E-state index contributed by atoms with van der Waals surface area (Å²) in [6.07, 6.45) is -4.50. The summed E-state index contributed by atoms with van der Waals surface area (Å²) in [5.41, 5.74) is 1.50. The zero-order valence-corrected chi connectivity index (χ0v) is 15.2. The van der Waals surface area contributed by atoms with Gasteiger partial charge in [0.2, 0.25) is 11.2 Å². The van der Waals surface area contributed by atoms with Gasteiger partial charge in [0.1, 0.15) is 5.75 Å². The lowest BCUT2D eigenvalue weighted by molar-refractivity contribution is -0.137. The smallest absolute Gasteiger partial charge is 0.416 e. The predicted octanol–water partition coefficient (Wildman–Crippen LogP) is 5.56. The Labute approximate surface area is 162 Å². The molecule has 2 aromatic heterocycles.